The number of amides is 1. The van der Waals surface area contributed by atoms with Crippen LogP contribution in [0.5, 0.6) is 5.75 Å². The van der Waals surface area contributed by atoms with E-state index >= 15 is 0 Å². The van der Waals surface area contributed by atoms with Gasteiger partial charge in [0.15, 0.2) is 0 Å². The number of methoxy groups -OCH3 is 1. The Balaban J connectivity index is 1.59. The van der Waals surface area contributed by atoms with Crippen LogP contribution in [-0.4, -0.2) is 31.1 Å². The summed E-state index contributed by atoms with van der Waals surface area (Å²) in [7, 11) is 1.62. The Hall–Kier alpha value is -1.07. The third kappa shape index (κ3) is 2.62. The Morgan fingerprint density at radius 2 is 2.42 bits per heavy atom. The summed E-state index contributed by atoms with van der Waals surface area (Å²) >= 11 is 1.44. The zero-order valence-electron chi connectivity index (χ0n) is 11.2. The summed E-state index contributed by atoms with van der Waals surface area (Å²) in [6.07, 6.45) is 5.92. The van der Waals surface area contributed by atoms with Gasteiger partial charge < -0.3 is 15.4 Å². The highest BCUT2D eigenvalue weighted by molar-refractivity contribution is 7.12. The molecule has 2 N–H and O–H groups in total. The minimum absolute atomic E-state index is 0.0367. The highest BCUT2D eigenvalue weighted by atomic mass is 32.1. The van der Waals surface area contributed by atoms with E-state index in [1.165, 1.54) is 30.6 Å². The quantitative estimate of drug-likeness (QED) is 0.892. The Morgan fingerprint density at radius 3 is 3.05 bits per heavy atom. The molecule has 0 bridgehead atoms. The molecule has 1 aliphatic carbocycles. The van der Waals surface area contributed by atoms with Gasteiger partial charge in [0.05, 0.1) is 12.0 Å². The van der Waals surface area contributed by atoms with Crippen molar-refractivity contribution in [3.8, 4) is 5.75 Å². The van der Waals surface area contributed by atoms with Gasteiger partial charge >= 0.3 is 0 Å². The SMILES string of the molecule is COc1csc(C(=O)NC2CCNC3(CCC3)C2)c1. The van der Waals surface area contributed by atoms with E-state index in [-0.39, 0.29) is 5.91 Å². The van der Waals surface area contributed by atoms with Crippen molar-refractivity contribution in [2.75, 3.05) is 13.7 Å². The van der Waals surface area contributed by atoms with Crippen LogP contribution in [0.3, 0.4) is 0 Å². The van der Waals surface area contributed by atoms with E-state index in [1.807, 2.05) is 5.38 Å². The van der Waals surface area contributed by atoms with E-state index in [4.69, 9.17) is 4.74 Å². The minimum atomic E-state index is 0.0367. The molecule has 4 nitrogen and oxygen atoms in total. The van der Waals surface area contributed by atoms with Gasteiger partial charge in [-0.3, -0.25) is 4.79 Å². The van der Waals surface area contributed by atoms with Crippen LogP contribution >= 0.6 is 11.3 Å². The lowest BCUT2D eigenvalue weighted by Gasteiger charge is -2.48. The summed E-state index contributed by atoms with van der Waals surface area (Å²) in [6, 6.07) is 2.11. The highest BCUT2D eigenvalue weighted by Gasteiger charge is 2.41. The third-order valence-corrected chi connectivity index (χ3v) is 5.22. The van der Waals surface area contributed by atoms with E-state index in [0.717, 1.165) is 30.0 Å². The van der Waals surface area contributed by atoms with E-state index < -0.39 is 0 Å². The monoisotopic (exact) mass is 280 g/mol. The second-order valence-corrected chi connectivity index (χ2v) is 6.49. The summed E-state index contributed by atoms with van der Waals surface area (Å²) < 4.78 is 5.12. The van der Waals surface area contributed by atoms with Crippen molar-refractivity contribution in [1.29, 1.82) is 0 Å². The fraction of sp³-hybridized carbons (Fsp3) is 0.643. The Kier molecular flexibility index (Phi) is 3.50. The first-order valence-electron chi connectivity index (χ1n) is 6.89. The molecule has 2 aliphatic rings. The number of carbonyl (C=O) groups is 1. The molecule has 1 unspecified atom stereocenters. The van der Waals surface area contributed by atoms with Crippen molar-refractivity contribution in [1.82, 2.24) is 10.6 Å². The Morgan fingerprint density at radius 1 is 1.58 bits per heavy atom. The molecular formula is C14H20N2O2S. The van der Waals surface area contributed by atoms with Crippen molar-refractivity contribution >= 4 is 17.2 Å². The number of ether oxygens (including phenoxy) is 1. The van der Waals surface area contributed by atoms with Gasteiger partial charge in [0.25, 0.3) is 5.91 Å². The first-order chi connectivity index (χ1) is 9.21. The number of hydrogen-bond donors (Lipinski definition) is 2. The van der Waals surface area contributed by atoms with E-state index in [0.29, 0.717) is 11.6 Å². The summed E-state index contributed by atoms with van der Waals surface area (Å²) in [5.41, 5.74) is 0.323. The largest absolute Gasteiger partial charge is 0.496 e. The molecule has 3 rings (SSSR count). The van der Waals surface area contributed by atoms with Crippen LogP contribution < -0.4 is 15.4 Å². The van der Waals surface area contributed by atoms with E-state index in [1.54, 1.807) is 13.2 Å². The van der Waals surface area contributed by atoms with Crippen molar-refractivity contribution in [2.24, 2.45) is 0 Å². The van der Waals surface area contributed by atoms with Gasteiger partial charge in [0.1, 0.15) is 5.75 Å². The van der Waals surface area contributed by atoms with Crippen LogP contribution in [0.4, 0.5) is 0 Å². The number of nitrogens with one attached hydrogen (secondary N) is 2. The molecule has 5 heteroatoms. The summed E-state index contributed by atoms with van der Waals surface area (Å²) in [5.74, 6) is 0.797. The Labute approximate surface area is 117 Å². The molecule has 0 radical (unpaired) electrons. The molecule has 2 fully saturated rings. The summed E-state index contributed by atoms with van der Waals surface area (Å²) in [4.78, 5) is 12.9. The molecule has 1 atom stereocenters. The average molecular weight is 280 g/mol. The molecule has 19 heavy (non-hydrogen) atoms. The molecule has 0 aromatic carbocycles. The fourth-order valence-electron chi connectivity index (χ4n) is 3.07. The highest BCUT2D eigenvalue weighted by Crippen LogP contribution is 2.38. The lowest BCUT2D eigenvalue weighted by molar-refractivity contribution is 0.0856. The van der Waals surface area contributed by atoms with E-state index in [9.17, 15) is 4.79 Å². The molecule has 1 saturated carbocycles. The molecule has 1 spiro atoms. The van der Waals surface area contributed by atoms with Crippen LogP contribution in [0.15, 0.2) is 11.4 Å². The minimum Gasteiger partial charge on any atom is -0.496 e. The van der Waals surface area contributed by atoms with Gasteiger partial charge in [-0.1, -0.05) is 0 Å². The van der Waals surface area contributed by atoms with Gasteiger partial charge in [0, 0.05) is 23.0 Å². The van der Waals surface area contributed by atoms with Crippen LogP contribution in [0.1, 0.15) is 41.8 Å². The van der Waals surface area contributed by atoms with E-state index in [2.05, 4.69) is 10.6 Å². The third-order valence-electron chi connectivity index (χ3n) is 4.31. The second-order valence-electron chi connectivity index (χ2n) is 5.57. The van der Waals surface area contributed by atoms with Crippen LogP contribution in [-0.2, 0) is 0 Å². The van der Waals surface area contributed by atoms with Gasteiger partial charge in [-0.15, -0.1) is 11.3 Å². The summed E-state index contributed by atoms with van der Waals surface area (Å²) in [6.45, 7) is 1.01. The standard InChI is InChI=1S/C14H20N2O2S/c1-18-11-7-12(19-9-11)13(17)16-10-3-6-15-14(8-10)4-2-5-14/h7,9-10,15H,2-6,8H2,1H3,(H,16,17). The van der Waals surface area contributed by atoms with Gasteiger partial charge in [-0.25, -0.2) is 0 Å². The molecule has 1 aliphatic heterocycles. The topological polar surface area (TPSA) is 50.4 Å². The second kappa shape index (κ2) is 5.13. The first-order valence-corrected chi connectivity index (χ1v) is 7.77. The number of hydrogen-bond acceptors (Lipinski definition) is 4. The van der Waals surface area contributed by atoms with Crippen molar-refractivity contribution in [3.05, 3.63) is 16.3 Å². The lowest BCUT2D eigenvalue weighted by Crippen LogP contribution is -2.59. The van der Waals surface area contributed by atoms with Crippen molar-refractivity contribution in [2.45, 2.75) is 43.7 Å². The molecular weight excluding hydrogens is 260 g/mol. The van der Waals surface area contributed by atoms with Crippen LogP contribution in [0.2, 0.25) is 0 Å². The van der Waals surface area contributed by atoms with Crippen molar-refractivity contribution in [3.63, 3.8) is 0 Å². The maximum absolute atomic E-state index is 12.2. The predicted molar refractivity (Wildman–Crippen MR) is 75.9 cm³/mol. The van der Waals surface area contributed by atoms with Gasteiger partial charge in [-0.2, -0.15) is 0 Å². The molecule has 1 saturated heterocycles. The van der Waals surface area contributed by atoms with Crippen molar-refractivity contribution < 1.29 is 9.53 Å². The smallest absolute Gasteiger partial charge is 0.261 e. The predicted octanol–water partition coefficient (Wildman–Crippen LogP) is 2.16. The van der Waals surface area contributed by atoms with Gasteiger partial charge in [0.2, 0.25) is 0 Å². The molecule has 1 aromatic heterocycles. The van der Waals surface area contributed by atoms with Crippen LogP contribution in [0, 0.1) is 0 Å². The Bertz CT molecular complexity index is 468. The fourth-order valence-corrected chi connectivity index (χ4v) is 3.82. The maximum atomic E-state index is 12.2. The van der Waals surface area contributed by atoms with Crippen LogP contribution in [0.25, 0.3) is 0 Å². The average Bonchev–Trinajstić information content (AvgIpc) is 2.86. The first kappa shape index (κ1) is 12.9. The molecule has 1 aromatic rings. The number of rotatable bonds is 3. The lowest BCUT2D eigenvalue weighted by atomic mass is 9.70. The number of carbonyl (C=O) groups excluding carboxylic acids is 1. The maximum Gasteiger partial charge on any atom is 0.261 e. The van der Waals surface area contributed by atoms with Gasteiger partial charge in [-0.05, 0) is 38.6 Å². The zero-order chi connectivity index (χ0) is 13.3. The number of thiophene rings is 1. The normalized spacial score (nSPS) is 24.8. The molecule has 1 amide bonds. The molecule has 2 heterocycles. The zero-order valence-corrected chi connectivity index (χ0v) is 12.0. The number of piperidine rings is 1. The molecule has 104 valence electrons. The summed E-state index contributed by atoms with van der Waals surface area (Å²) in [5, 5.41) is 8.66.